The lowest BCUT2D eigenvalue weighted by molar-refractivity contribution is 0.231. The van der Waals surface area contributed by atoms with E-state index in [0.29, 0.717) is 47.7 Å². The van der Waals surface area contributed by atoms with Gasteiger partial charge in [-0.2, -0.15) is 10.1 Å². The van der Waals surface area contributed by atoms with Crippen LogP contribution in [0.15, 0.2) is 41.4 Å². The second kappa shape index (κ2) is 8.19. The van der Waals surface area contributed by atoms with Crippen LogP contribution in [-0.2, 0) is 6.42 Å². The van der Waals surface area contributed by atoms with Crippen molar-refractivity contribution in [3.05, 3.63) is 59.2 Å². The lowest BCUT2D eigenvalue weighted by atomic mass is 10.1. The SMILES string of the molecule is CC1C/C(=N\c2nc(Cc3cccc(F)c3)cc(Nc3cc(C4CC4)[nH]n3)n2)C(O)C1. The lowest BCUT2D eigenvalue weighted by Crippen LogP contribution is -2.12. The van der Waals surface area contributed by atoms with E-state index in [1.165, 1.54) is 25.0 Å². The van der Waals surface area contributed by atoms with Crippen molar-refractivity contribution in [1.29, 1.82) is 0 Å². The summed E-state index contributed by atoms with van der Waals surface area (Å²) in [5, 5.41) is 20.9. The van der Waals surface area contributed by atoms with E-state index in [9.17, 15) is 9.50 Å². The summed E-state index contributed by atoms with van der Waals surface area (Å²) in [6.07, 6.45) is 3.69. The van der Waals surface area contributed by atoms with E-state index in [1.54, 1.807) is 6.07 Å². The molecule has 2 aliphatic rings. The molecule has 0 saturated heterocycles. The molecule has 0 amide bonds. The zero-order valence-electron chi connectivity index (χ0n) is 17.3. The molecule has 31 heavy (non-hydrogen) atoms. The van der Waals surface area contributed by atoms with E-state index in [-0.39, 0.29) is 11.8 Å². The molecule has 2 unspecified atom stereocenters. The van der Waals surface area contributed by atoms with Crippen molar-refractivity contribution in [3.63, 3.8) is 0 Å². The van der Waals surface area contributed by atoms with E-state index in [1.807, 2.05) is 18.2 Å². The highest BCUT2D eigenvalue weighted by atomic mass is 19.1. The van der Waals surface area contributed by atoms with Crippen molar-refractivity contribution in [2.24, 2.45) is 10.9 Å². The average Bonchev–Trinajstić information content (AvgIpc) is 3.38. The minimum Gasteiger partial charge on any atom is -0.387 e. The molecule has 2 saturated carbocycles. The Morgan fingerprint density at radius 3 is 2.81 bits per heavy atom. The number of hydrogen-bond acceptors (Lipinski definition) is 6. The van der Waals surface area contributed by atoms with Crippen molar-refractivity contribution in [1.82, 2.24) is 20.2 Å². The van der Waals surface area contributed by atoms with E-state index < -0.39 is 6.10 Å². The Morgan fingerprint density at radius 1 is 1.19 bits per heavy atom. The minimum absolute atomic E-state index is 0.280. The van der Waals surface area contributed by atoms with Crippen molar-refractivity contribution in [3.8, 4) is 0 Å². The van der Waals surface area contributed by atoms with E-state index >= 15 is 0 Å². The normalized spacial score (nSPS) is 22.2. The number of hydrogen-bond donors (Lipinski definition) is 3. The van der Waals surface area contributed by atoms with Crippen LogP contribution >= 0.6 is 0 Å². The molecule has 2 heterocycles. The number of rotatable bonds is 6. The number of aromatic amines is 1. The number of halogens is 1. The molecule has 7 nitrogen and oxygen atoms in total. The second-order valence-corrected chi connectivity index (χ2v) is 8.62. The molecule has 2 atom stereocenters. The molecule has 0 spiro atoms. The Morgan fingerprint density at radius 2 is 2.06 bits per heavy atom. The topological polar surface area (TPSA) is 99.1 Å². The predicted octanol–water partition coefficient (Wildman–Crippen LogP) is 4.41. The van der Waals surface area contributed by atoms with Gasteiger partial charge in [-0.1, -0.05) is 19.1 Å². The maximum Gasteiger partial charge on any atom is 0.251 e. The van der Waals surface area contributed by atoms with Gasteiger partial charge in [0.2, 0.25) is 0 Å². The number of aliphatic imine (C=N–C) groups is 1. The molecule has 160 valence electrons. The molecule has 0 radical (unpaired) electrons. The van der Waals surface area contributed by atoms with Crippen LogP contribution in [0.4, 0.5) is 22.0 Å². The first-order valence-electron chi connectivity index (χ1n) is 10.7. The third kappa shape index (κ3) is 4.80. The van der Waals surface area contributed by atoms with Gasteiger partial charge in [-0.25, -0.2) is 14.4 Å². The van der Waals surface area contributed by atoms with Crippen LogP contribution in [0.25, 0.3) is 0 Å². The van der Waals surface area contributed by atoms with E-state index in [2.05, 4.69) is 37.4 Å². The van der Waals surface area contributed by atoms with Gasteiger partial charge in [0.25, 0.3) is 5.95 Å². The summed E-state index contributed by atoms with van der Waals surface area (Å²) < 4.78 is 13.6. The van der Waals surface area contributed by atoms with Gasteiger partial charge in [0.1, 0.15) is 11.6 Å². The molecule has 3 aromatic rings. The predicted molar refractivity (Wildman–Crippen MR) is 117 cm³/mol. The van der Waals surface area contributed by atoms with Gasteiger partial charge in [0.15, 0.2) is 5.82 Å². The molecule has 5 rings (SSSR count). The number of H-pyrrole nitrogens is 1. The molecule has 2 aromatic heterocycles. The van der Waals surface area contributed by atoms with Gasteiger partial charge in [-0.05, 0) is 49.3 Å². The fourth-order valence-corrected chi connectivity index (χ4v) is 4.02. The largest absolute Gasteiger partial charge is 0.387 e. The molecule has 1 aromatic carbocycles. The first-order chi connectivity index (χ1) is 15.0. The Labute approximate surface area is 179 Å². The number of nitrogens with zero attached hydrogens (tertiary/aromatic N) is 4. The molecule has 3 N–H and O–H groups in total. The smallest absolute Gasteiger partial charge is 0.251 e. The van der Waals surface area contributed by atoms with E-state index in [0.717, 1.165) is 17.7 Å². The Balaban J connectivity index is 1.45. The number of anilines is 2. The Kier molecular flexibility index (Phi) is 5.23. The molecule has 2 fully saturated rings. The summed E-state index contributed by atoms with van der Waals surface area (Å²) >= 11 is 0. The van der Waals surface area contributed by atoms with Gasteiger partial charge in [-0.15, -0.1) is 0 Å². The van der Waals surface area contributed by atoms with Crippen molar-refractivity contribution in [2.75, 3.05) is 5.32 Å². The summed E-state index contributed by atoms with van der Waals surface area (Å²) in [7, 11) is 0. The summed E-state index contributed by atoms with van der Waals surface area (Å²) in [6, 6.07) is 10.3. The fraction of sp³-hybridized carbons (Fsp3) is 0.391. The van der Waals surface area contributed by atoms with Gasteiger partial charge >= 0.3 is 0 Å². The van der Waals surface area contributed by atoms with Crippen molar-refractivity contribution < 1.29 is 9.50 Å². The molecule has 0 bridgehead atoms. The zero-order valence-corrected chi connectivity index (χ0v) is 17.3. The molecule has 8 heteroatoms. The highest BCUT2D eigenvalue weighted by Crippen LogP contribution is 2.39. The van der Waals surface area contributed by atoms with Crippen LogP contribution in [0, 0.1) is 11.7 Å². The monoisotopic (exact) mass is 420 g/mol. The molecule has 2 aliphatic carbocycles. The third-order valence-electron chi connectivity index (χ3n) is 5.72. The number of aliphatic hydroxyl groups is 1. The second-order valence-electron chi connectivity index (χ2n) is 8.62. The van der Waals surface area contributed by atoms with Crippen LogP contribution in [0.2, 0.25) is 0 Å². The maximum absolute atomic E-state index is 13.6. The summed E-state index contributed by atoms with van der Waals surface area (Å²) in [6.45, 7) is 2.09. The standard InChI is InChI=1S/C23H25FN6O/c1-13-7-19(20(31)8-13)26-23-25-17(10-14-3-2-4-16(24)9-14)11-21(28-23)27-22-12-18(29-30-22)15-5-6-15/h2-4,9,11-13,15,20,31H,5-8,10H2,1H3,(H2,25,27,28,29,30)/b26-19+. The van der Waals surface area contributed by atoms with Crippen LogP contribution in [0.1, 0.15) is 55.5 Å². The van der Waals surface area contributed by atoms with Crippen LogP contribution < -0.4 is 5.32 Å². The lowest BCUT2D eigenvalue weighted by Gasteiger charge is -2.08. The quantitative estimate of drug-likeness (QED) is 0.548. The van der Waals surface area contributed by atoms with Gasteiger partial charge < -0.3 is 10.4 Å². The van der Waals surface area contributed by atoms with Gasteiger partial charge in [0.05, 0.1) is 17.5 Å². The number of aliphatic hydroxyl groups excluding tert-OH is 1. The Hall–Kier alpha value is -3.13. The highest BCUT2D eigenvalue weighted by Gasteiger charge is 2.27. The van der Waals surface area contributed by atoms with Crippen LogP contribution in [-0.4, -0.2) is 37.1 Å². The van der Waals surface area contributed by atoms with Crippen molar-refractivity contribution >= 4 is 23.3 Å². The van der Waals surface area contributed by atoms with Gasteiger partial charge in [0, 0.05) is 30.2 Å². The van der Waals surface area contributed by atoms with Crippen LogP contribution in [0.3, 0.4) is 0 Å². The minimum atomic E-state index is -0.561. The number of aromatic nitrogens is 4. The van der Waals surface area contributed by atoms with Gasteiger partial charge in [-0.3, -0.25) is 5.10 Å². The summed E-state index contributed by atoms with van der Waals surface area (Å²) in [5.74, 6) is 2.21. The number of benzene rings is 1. The first-order valence-corrected chi connectivity index (χ1v) is 10.7. The summed E-state index contributed by atoms with van der Waals surface area (Å²) in [5.41, 5.74) is 3.35. The fourth-order valence-electron chi connectivity index (χ4n) is 4.02. The first kappa shape index (κ1) is 19.8. The van der Waals surface area contributed by atoms with Crippen LogP contribution in [0.5, 0.6) is 0 Å². The highest BCUT2D eigenvalue weighted by molar-refractivity contribution is 5.92. The third-order valence-corrected chi connectivity index (χ3v) is 5.72. The average molecular weight is 420 g/mol. The molecular formula is C23H25FN6O. The zero-order chi connectivity index (χ0) is 21.4. The Bertz CT molecular complexity index is 1120. The molecule has 0 aliphatic heterocycles. The van der Waals surface area contributed by atoms with Crippen molar-refractivity contribution in [2.45, 2.75) is 51.0 Å². The maximum atomic E-state index is 13.6. The summed E-state index contributed by atoms with van der Waals surface area (Å²) in [4.78, 5) is 13.7. The van der Waals surface area contributed by atoms with E-state index in [4.69, 9.17) is 0 Å². The number of nitrogens with one attached hydrogen (secondary N) is 2. The molecular weight excluding hydrogens is 395 g/mol.